The molecule has 92 valence electrons. The minimum Gasteiger partial charge on any atom is -0.508 e. The second-order valence-electron chi connectivity index (χ2n) is 4.48. The number of ether oxygens (including phenoxy) is 1. The fraction of sp³-hybridized carbons (Fsp3) is 0.462. The van der Waals surface area contributed by atoms with Crippen molar-refractivity contribution in [1.82, 2.24) is 0 Å². The van der Waals surface area contributed by atoms with Crippen molar-refractivity contribution >= 4 is 5.97 Å². The molecule has 0 aliphatic heterocycles. The number of benzene rings is 1. The second-order valence-corrected chi connectivity index (χ2v) is 4.48. The van der Waals surface area contributed by atoms with E-state index in [0.717, 1.165) is 12.8 Å². The molecule has 1 saturated carbocycles. The zero-order valence-electron chi connectivity index (χ0n) is 9.77. The van der Waals surface area contributed by atoms with E-state index in [1.54, 1.807) is 12.1 Å². The van der Waals surface area contributed by atoms with Crippen LogP contribution >= 0.6 is 0 Å². The molecule has 0 amide bonds. The van der Waals surface area contributed by atoms with Crippen molar-refractivity contribution in [2.45, 2.75) is 31.1 Å². The molecule has 0 bridgehead atoms. The number of aliphatic carboxylic acids is 1. The minimum atomic E-state index is -0.946. The molecule has 1 aliphatic rings. The first-order valence-electron chi connectivity index (χ1n) is 5.71. The van der Waals surface area contributed by atoms with Gasteiger partial charge in [0.2, 0.25) is 0 Å². The third-order valence-electron chi connectivity index (χ3n) is 3.59. The zero-order chi connectivity index (χ0) is 12.5. The van der Waals surface area contributed by atoms with Crippen LogP contribution < -0.4 is 4.74 Å². The number of rotatable bonds is 3. The first-order chi connectivity index (χ1) is 8.10. The molecule has 1 aromatic rings. The number of carboxylic acids is 1. The van der Waals surface area contributed by atoms with Gasteiger partial charge in [0.05, 0.1) is 12.5 Å². The normalized spacial score (nSPS) is 17.9. The maximum absolute atomic E-state index is 11.5. The highest BCUT2D eigenvalue weighted by atomic mass is 16.5. The van der Waals surface area contributed by atoms with E-state index in [2.05, 4.69) is 0 Å². The molecule has 0 aromatic heterocycles. The molecule has 1 fully saturated rings. The van der Waals surface area contributed by atoms with E-state index in [1.165, 1.54) is 13.2 Å². The zero-order valence-corrected chi connectivity index (χ0v) is 9.77. The summed E-state index contributed by atoms with van der Waals surface area (Å²) in [7, 11) is 1.53. The maximum Gasteiger partial charge on any atom is 0.314 e. The smallest absolute Gasteiger partial charge is 0.314 e. The third kappa shape index (κ3) is 1.84. The van der Waals surface area contributed by atoms with E-state index >= 15 is 0 Å². The molecule has 0 atom stereocenters. The summed E-state index contributed by atoms with van der Waals surface area (Å²) in [5, 5.41) is 19.3. The molecule has 4 nitrogen and oxygen atoms in total. The van der Waals surface area contributed by atoms with E-state index in [9.17, 15) is 15.0 Å². The molecule has 4 heteroatoms. The average molecular weight is 236 g/mol. The fourth-order valence-electron chi connectivity index (χ4n) is 2.60. The van der Waals surface area contributed by atoms with Gasteiger partial charge >= 0.3 is 5.97 Å². The molecule has 0 radical (unpaired) electrons. The van der Waals surface area contributed by atoms with E-state index in [-0.39, 0.29) is 5.75 Å². The molecule has 0 unspecified atom stereocenters. The summed E-state index contributed by atoms with van der Waals surface area (Å²) in [6.07, 6.45) is 2.90. The first kappa shape index (κ1) is 11.8. The van der Waals surface area contributed by atoms with Gasteiger partial charge in [-0.3, -0.25) is 4.79 Å². The Morgan fingerprint density at radius 3 is 2.53 bits per heavy atom. The monoisotopic (exact) mass is 236 g/mol. The van der Waals surface area contributed by atoms with Crippen LogP contribution in [0.25, 0.3) is 0 Å². The number of phenols is 1. The molecule has 0 heterocycles. The first-order valence-corrected chi connectivity index (χ1v) is 5.71. The van der Waals surface area contributed by atoms with Gasteiger partial charge in [-0.25, -0.2) is 0 Å². The van der Waals surface area contributed by atoms with Crippen molar-refractivity contribution in [3.63, 3.8) is 0 Å². The minimum absolute atomic E-state index is 0.0371. The van der Waals surface area contributed by atoms with Crippen LogP contribution in [0.3, 0.4) is 0 Å². The lowest BCUT2D eigenvalue weighted by molar-refractivity contribution is -0.143. The number of methoxy groups -OCH3 is 1. The fourth-order valence-corrected chi connectivity index (χ4v) is 2.60. The Kier molecular flexibility index (Phi) is 2.96. The summed E-state index contributed by atoms with van der Waals surface area (Å²) in [6.45, 7) is 0. The summed E-state index contributed by atoms with van der Waals surface area (Å²) in [4.78, 5) is 11.5. The number of aromatic hydroxyl groups is 1. The van der Waals surface area contributed by atoms with Crippen molar-refractivity contribution < 1.29 is 19.7 Å². The van der Waals surface area contributed by atoms with E-state index < -0.39 is 11.4 Å². The van der Waals surface area contributed by atoms with E-state index in [4.69, 9.17) is 4.74 Å². The quantitative estimate of drug-likeness (QED) is 0.845. The Bertz CT molecular complexity index is 433. The molecular formula is C13H16O4. The number of carbonyl (C=O) groups is 1. The molecule has 0 saturated heterocycles. The standard InChI is InChI=1S/C13H16O4/c1-17-9-4-5-11(14)10(8-9)13(12(15)16)6-2-3-7-13/h4-5,8,14H,2-3,6-7H2,1H3,(H,15,16). The highest BCUT2D eigenvalue weighted by Gasteiger charge is 2.44. The van der Waals surface area contributed by atoms with Crippen molar-refractivity contribution in [2.75, 3.05) is 7.11 Å². The van der Waals surface area contributed by atoms with Gasteiger partial charge in [-0.15, -0.1) is 0 Å². The van der Waals surface area contributed by atoms with Crippen molar-refractivity contribution in [2.24, 2.45) is 0 Å². The van der Waals surface area contributed by atoms with Crippen LogP contribution in [-0.2, 0) is 10.2 Å². The Morgan fingerprint density at radius 2 is 2.00 bits per heavy atom. The van der Waals surface area contributed by atoms with Gasteiger partial charge in [0.1, 0.15) is 11.5 Å². The van der Waals surface area contributed by atoms with Gasteiger partial charge in [0, 0.05) is 5.56 Å². The van der Waals surface area contributed by atoms with Gasteiger partial charge in [-0.1, -0.05) is 12.8 Å². The highest BCUT2D eigenvalue weighted by molar-refractivity contribution is 5.83. The number of phenolic OH excluding ortho intramolecular Hbond substituents is 1. The second kappa shape index (κ2) is 4.28. The lowest BCUT2D eigenvalue weighted by Gasteiger charge is -2.25. The highest BCUT2D eigenvalue weighted by Crippen LogP contribution is 2.45. The van der Waals surface area contributed by atoms with Crippen molar-refractivity contribution in [3.8, 4) is 11.5 Å². The number of hydrogen-bond acceptors (Lipinski definition) is 3. The molecule has 0 spiro atoms. The third-order valence-corrected chi connectivity index (χ3v) is 3.59. The molecule has 2 rings (SSSR count). The molecule has 1 aromatic carbocycles. The van der Waals surface area contributed by atoms with E-state index in [0.29, 0.717) is 24.2 Å². The van der Waals surface area contributed by atoms with E-state index in [1.807, 2.05) is 0 Å². The van der Waals surface area contributed by atoms with Crippen molar-refractivity contribution in [1.29, 1.82) is 0 Å². The topological polar surface area (TPSA) is 66.8 Å². The Balaban J connectivity index is 2.53. The average Bonchev–Trinajstić information content (AvgIpc) is 2.80. The summed E-state index contributed by atoms with van der Waals surface area (Å²) in [5.41, 5.74) is -0.472. The summed E-state index contributed by atoms with van der Waals surface area (Å²) in [5.74, 6) is -0.251. The maximum atomic E-state index is 11.5. The lowest BCUT2D eigenvalue weighted by Crippen LogP contribution is -2.32. The predicted molar refractivity (Wildman–Crippen MR) is 62.4 cm³/mol. The van der Waals surface area contributed by atoms with Gasteiger partial charge in [0.25, 0.3) is 0 Å². The molecule has 17 heavy (non-hydrogen) atoms. The Hall–Kier alpha value is -1.71. The van der Waals surface area contributed by atoms with Crippen LogP contribution in [0.4, 0.5) is 0 Å². The SMILES string of the molecule is COc1ccc(O)c(C2(C(=O)O)CCCC2)c1. The van der Waals surface area contributed by atoms with Crippen molar-refractivity contribution in [3.05, 3.63) is 23.8 Å². The number of hydrogen-bond donors (Lipinski definition) is 2. The summed E-state index contributed by atoms with van der Waals surface area (Å²) < 4.78 is 5.09. The number of carboxylic acid groups (broad SMARTS) is 1. The van der Waals surface area contributed by atoms with Gasteiger partial charge in [-0.2, -0.15) is 0 Å². The van der Waals surface area contributed by atoms with Gasteiger partial charge < -0.3 is 14.9 Å². The van der Waals surface area contributed by atoms with Crippen LogP contribution in [0.2, 0.25) is 0 Å². The van der Waals surface area contributed by atoms with Crippen LogP contribution in [-0.4, -0.2) is 23.3 Å². The Morgan fingerprint density at radius 1 is 1.35 bits per heavy atom. The van der Waals surface area contributed by atoms with Crippen LogP contribution in [0, 0.1) is 0 Å². The largest absolute Gasteiger partial charge is 0.508 e. The summed E-state index contributed by atoms with van der Waals surface area (Å²) >= 11 is 0. The molecule has 2 N–H and O–H groups in total. The molecular weight excluding hydrogens is 220 g/mol. The van der Waals surface area contributed by atoms with Crippen LogP contribution in [0.1, 0.15) is 31.2 Å². The lowest BCUT2D eigenvalue weighted by atomic mass is 9.78. The van der Waals surface area contributed by atoms with Gasteiger partial charge in [0.15, 0.2) is 0 Å². The summed E-state index contributed by atoms with van der Waals surface area (Å²) in [6, 6.07) is 4.76. The molecule has 1 aliphatic carbocycles. The predicted octanol–water partition coefficient (Wildman–Crippen LogP) is 2.30. The Labute approximate surface area is 99.8 Å². The van der Waals surface area contributed by atoms with Crippen LogP contribution in [0.15, 0.2) is 18.2 Å². The van der Waals surface area contributed by atoms with Gasteiger partial charge in [-0.05, 0) is 31.0 Å². The van der Waals surface area contributed by atoms with Crippen LogP contribution in [0.5, 0.6) is 11.5 Å².